The number of hydrogen-bond donors (Lipinski definition) is 2. The number of pyridine rings is 1. The third-order valence-electron chi connectivity index (χ3n) is 6.66. The van der Waals surface area contributed by atoms with Gasteiger partial charge >= 0.3 is 0 Å². The highest BCUT2D eigenvalue weighted by molar-refractivity contribution is 5.99. The van der Waals surface area contributed by atoms with Gasteiger partial charge in [-0.2, -0.15) is 0 Å². The van der Waals surface area contributed by atoms with E-state index < -0.39 is 35.0 Å². The van der Waals surface area contributed by atoms with Gasteiger partial charge in [-0.25, -0.2) is 4.39 Å². The third-order valence-corrected chi connectivity index (χ3v) is 6.66. The molecule has 0 radical (unpaired) electrons. The van der Waals surface area contributed by atoms with Gasteiger partial charge in [0.2, 0.25) is 5.43 Å². The minimum absolute atomic E-state index is 0.130. The maximum absolute atomic E-state index is 14.2. The van der Waals surface area contributed by atoms with Crippen molar-refractivity contribution >= 4 is 11.8 Å². The van der Waals surface area contributed by atoms with E-state index in [9.17, 15) is 23.9 Å². The SMILES string of the molecule is CCN1C(=O)c2c(O)c(=O)c(C(=O)NCc3ccc(C)cc3F)cn2N2CCc3ccccc3[C@@H]12. The van der Waals surface area contributed by atoms with Gasteiger partial charge in [-0.1, -0.05) is 36.4 Å². The van der Waals surface area contributed by atoms with Crippen LogP contribution in [-0.2, 0) is 13.0 Å². The summed E-state index contributed by atoms with van der Waals surface area (Å²) in [6.07, 6.45) is 1.55. The van der Waals surface area contributed by atoms with Crippen molar-refractivity contribution < 1.29 is 19.1 Å². The molecule has 2 aromatic carbocycles. The lowest BCUT2D eigenvalue weighted by atomic mass is 9.95. The minimum atomic E-state index is -0.946. The van der Waals surface area contributed by atoms with Crippen LogP contribution in [0, 0.1) is 12.7 Å². The number of nitrogens with one attached hydrogen (secondary N) is 1. The normalized spacial score (nSPS) is 16.4. The number of benzene rings is 2. The van der Waals surface area contributed by atoms with Gasteiger partial charge in [-0.05, 0) is 43.0 Å². The van der Waals surface area contributed by atoms with Crippen LogP contribution in [0.15, 0.2) is 53.5 Å². The summed E-state index contributed by atoms with van der Waals surface area (Å²) < 4.78 is 15.6. The van der Waals surface area contributed by atoms with E-state index in [-0.39, 0.29) is 23.4 Å². The van der Waals surface area contributed by atoms with E-state index in [4.69, 9.17) is 0 Å². The summed E-state index contributed by atoms with van der Waals surface area (Å²) in [6, 6.07) is 12.5. The molecular weight excluding hydrogens is 451 g/mol. The Balaban J connectivity index is 1.55. The molecule has 0 saturated carbocycles. The van der Waals surface area contributed by atoms with Gasteiger partial charge in [-0.15, -0.1) is 0 Å². The Bertz CT molecular complexity index is 1420. The van der Waals surface area contributed by atoms with Crippen molar-refractivity contribution in [1.29, 1.82) is 0 Å². The van der Waals surface area contributed by atoms with E-state index in [1.165, 1.54) is 16.9 Å². The number of aryl methyl sites for hydroxylation is 1. The molecule has 1 aromatic heterocycles. The zero-order valence-corrected chi connectivity index (χ0v) is 19.4. The molecule has 3 heterocycles. The second-order valence-electron chi connectivity index (χ2n) is 8.77. The molecule has 0 fully saturated rings. The molecule has 2 amide bonds. The summed E-state index contributed by atoms with van der Waals surface area (Å²) in [6.45, 7) is 4.34. The summed E-state index contributed by atoms with van der Waals surface area (Å²) >= 11 is 0. The van der Waals surface area contributed by atoms with Crippen molar-refractivity contribution in [2.75, 3.05) is 18.1 Å². The van der Waals surface area contributed by atoms with Crippen LogP contribution in [0.4, 0.5) is 4.39 Å². The van der Waals surface area contributed by atoms with Crippen molar-refractivity contribution in [1.82, 2.24) is 14.9 Å². The molecule has 2 aliphatic rings. The number of carbonyl (C=O) groups is 2. The monoisotopic (exact) mass is 476 g/mol. The fourth-order valence-corrected chi connectivity index (χ4v) is 4.87. The topological polar surface area (TPSA) is 94.9 Å². The number of amides is 2. The maximum Gasteiger partial charge on any atom is 0.278 e. The summed E-state index contributed by atoms with van der Waals surface area (Å²) in [5.74, 6) is -2.50. The van der Waals surface area contributed by atoms with Crippen molar-refractivity contribution in [2.24, 2.45) is 0 Å². The van der Waals surface area contributed by atoms with Crippen molar-refractivity contribution in [3.05, 3.63) is 98.2 Å². The second kappa shape index (κ2) is 8.57. The highest BCUT2D eigenvalue weighted by Crippen LogP contribution is 2.37. The summed E-state index contributed by atoms with van der Waals surface area (Å²) in [7, 11) is 0. The smallest absolute Gasteiger partial charge is 0.278 e. The Morgan fingerprint density at radius 1 is 1.20 bits per heavy atom. The number of nitrogens with zero attached hydrogens (tertiary/aromatic N) is 3. The van der Waals surface area contributed by atoms with E-state index in [1.54, 1.807) is 24.0 Å². The highest BCUT2D eigenvalue weighted by Gasteiger charge is 2.42. The van der Waals surface area contributed by atoms with Crippen LogP contribution in [-0.4, -0.2) is 39.6 Å². The van der Waals surface area contributed by atoms with Gasteiger partial charge < -0.3 is 15.3 Å². The molecule has 0 bridgehead atoms. The Morgan fingerprint density at radius 2 is 1.97 bits per heavy atom. The molecule has 1 atom stereocenters. The number of hydrogen-bond acceptors (Lipinski definition) is 5. The quantitative estimate of drug-likeness (QED) is 0.604. The fourth-order valence-electron chi connectivity index (χ4n) is 4.87. The van der Waals surface area contributed by atoms with E-state index in [2.05, 4.69) is 5.32 Å². The number of fused-ring (bicyclic) bond motifs is 5. The molecule has 180 valence electrons. The third kappa shape index (κ3) is 3.63. The zero-order chi connectivity index (χ0) is 24.9. The number of aromatic nitrogens is 1. The standard InChI is InChI=1S/C26H25FN4O4/c1-3-29-25-18-7-5-4-6-16(18)10-11-30(25)31-14-19(22(32)23(33)21(31)26(29)35)24(34)28-13-17-9-8-15(2)12-20(17)27/h4-9,12,14,25,33H,3,10-11,13H2,1-2H3,(H,28,34)/t25-/m0/s1. The van der Waals surface area contributed by atoms with Crippen LogP contribution in [0.5, 0.6) is 5.75 Å². The summed E-state index contributed by atoms with van der Waals surface area (Å²) in [4.78, 5) is 40.8. The maximum atomic E-state index is 14.2. The van der Waals surface area contributed by atoms with Crippen LogP contribution in [0.25, 0.3) is 0 Å². The van der Waals surface area contributed by atoms with Crippen LogP contribution < -0.4 is 15.8 Å². The van der Waals surface area contributed by atoms with Gasteiger partial charge in [-0.3, -0.25) is 24.1 Å². The van der Waals surface area contributed by atoms with E-state index >= 15 is 0 Å². The number of aromatic hydroxyl groups is 1. The fraction of sp³-hybridized carbons (Fsp3) is 0.269. The highest BCUT2D eigenvalue weighted by atomic mass is 19.1. The van der Waals surface area contributed by atoms with Gasteiger partial charge in [0, 0.05) is 31.4 Å². The van der Waals surface area contributed by atoms with Gasteiger partial charge in [0.15, 0.2) is 11.4 Å². The first-order valence-corrected chi connectivity index (χ1v) is 11.5. The van der Waals surface area contributed by atoms with E-state index in [0.29, 0.717) is 19.5 Å². The first kappa shape index (κ1) is 22.6. The summed E-state index contributed by atoms with van der Waals surface area (Å²) in [5, 5.41) is 15.2. The molecule has 9 heteroatoms. The first-order chi connectivity index (χ1) is 16.8. The first-order valence-electron chi connectivity index (χ1n) is 11.5. The van der Waals surface area contributed by atoms with Crippen molar-refractivity contribution in [3.8, 4) is 5.75 Å². The molecule has 35 heavy (non-hydrogen) atoms. The molecule has 0 unspecified atom stereocenters. The molecule has 0 spiro atoms. The van der Waals surface area contributed by atoms with Gasteiger partial charge in [0.05, 0.1) is 0 Å². The largest absolute Gasteiger partial charge is 0.502 e. The molecule has 0 aliphatic carbocycles. The van der Waals surface area contributed by atoms with Crippen LogP contribution in [0.3, 0.4) is 0 Å². The van der Waals surface area contributed by atoms with Gasteiger partial charge in [0.25, 0.3) is 11.8 Å². The lowest BCUT2D eigenvalue weighted by Gasteiger charge is -2.49. The average Bonchev–Trinajstić information content (AvgIpc) is 2.85. The number of rotatable bonds is 4. The minimum Gasteiger partial charge on any atom is -0.502 e. The Kier molecular flexibility index (Phi) is 5.55. The number of carbonyl (C=O) groups excluding carboxylic acids is 2. The lowest BCUT2D eigenvalue weighted by Crippen LogP contribution is -2.58. The molecule has 2 aliphatic heterocycles. The second-order valence-corrected chi connectivity index (χ2v) is 8.77. The van der Waals surface area contributed by atoms with Crippen molar-refractivity contribution in [3.63, 3.8) is 0 Å². The average molecular weight is 477 g/mol. The Morgan fingerprint density at radius 3 is 2.71 bits per heavy atom. The lowest BCUT2D eigenvalue weighted by molar-refractivity contribution is 0.0565. The van der Waals surface area contributed by atoms with Crippen LogP contribution in [0.1, 0.15) is 56.2 Å². The van der Waals surface area contributed by atoms with E-state index in [0.717, 1.165) is 16.7 Å². The Labute approximate surface area is 201 Å². The molecule has 5 rings (SSSR count). The van der Waals surface area contributed by atoms with Crippen LogP contribution in [0.2, 0.25) is 0 Å². The predicted molar refractivity (Wildman–Crippen MR) is 127 cm³/mol. The molecule has 2 N–H and O–H groups in total. The van der Waals surface area contributed by atoms with Crippen LogP contribution >= 0.6 is 0 Å². The summed E-state index contributed by atoms with van der Waals surface area (Å²) in [5.41, 5.74) is 1.65. The van der Waals surface area contributed by atoms with Gasteiger partial charge in [0.1, 0.15) is 17.5 Å². The zero-order valence-electron chi connectivity index (χ0n) is 19.4. The molecule has 8 nitrogen and oxygen atoms in total. The molecule has 0 saturated heterocycles. The van der Waals surface area contributed by atoms with E-state index in [1.807, 2.05) is 36.2 Å². The Hall–Kier alpha value is -4.14. The molecule has 3 aromatic rings. The molecular formula is C26H25FN4O4. The number of halogens is 1. The van der Waals surface area contributed by atoms with Crippen molar-refractivity contribution in [2.45, 2.75) is 33.0 Å². The predicted octanol–water partition coefficient (Wildman–Crippen LogP) is 2.60.